The van der Waals surface area contributed by atoms with Crippen LogP contribution in [0, 0.1) is 10.1 Å². The van der Waals surface area contributed by atoms with Crippen LogP contribution in [0.2, 0.25) is 0 Å². The maximum atomic E-state index is 12.0. The fourth-order valence-corrected chi connectivity index (χ4v) is 2.90. The lowest BCUT2D eigenvalue weighted by molar-refractivity contribution is -0.384. The standard InChI is InChI=1S/C13H15BrN2O4/c14-11-7-9(16(19)20)3-4-10(11)12(17)15-8-13(18)5-1-2-6-13/h3-4,7,18H,1-2,5-6,8H2,(H,15,17). The van der Waals surface area contributed by atoms with Crippen LogP contribution >= 0.6 is 15.9 Å². The van der Waals surface area contributed by atoms with Gasteiger partial charge in [-0.1, -0.05) is 12.8 Å². The molecule has 1 aliphatic carbocycles. The summed E-state index contributed by atoms with van der Waals surface area (Å²) in [5, 5.41) is 23.5. The number of nitrogens with one attached hydrogen (secondary N) is 1. The number of amides is 1. The number of non-ortho nitro benzene ring substituents is 1. The predicted octanol–water partition coefficient (Wildman–Crippen LogP) is 2.39. The van der Waals surface area contributed by atoms with E-state index in [4.69, 9.17) is 0 Å². The Morgan fingerprint density at radius 2 is 2.10 bits per heavy atom. The molecule has 0 radical (unpaired) electrons. The molecule has 1 saturated carbocycles. The Balaban J connectivity index is 2.04. The molecular formula is C13H15BrN2O4. The van der Waals surface area contributed by atoms with Crippen molar-refractivity contribution in [2.45, 2.75) is 31.3 Å². The zero-order valence-electron chi connectivity index (χ0n) is 10.8. The van der Waals surface area contributed by atoms with Gasteiger partial charge in [-0.2, -0.15) is 0 Å². The Labute approximate surface area is 124 Å². The number of carbonyl (C=O) groups is 1. The highest BCUT2D eigenvalue weighted by Gasteiger charge is 2.31. The van der Waals surface area contributed by atoms with E-state index in [-0.39, 0.29) is 18.1 Å². The smallest absolute Gasteiger partial charge is 0.270 e. The molecule has 2 rings (SSSR count). The monoisotopic (exact) mass is 342 g/mol. The lowest BCUT2D eigenvalue weighted by Crippen LogP contribution is -2.40. The van der Waals surface area contributed by atoms with E-state index in [0.29, 0.717) is 22.9 Å². The molecule has 1 fully saturated rings. The topological polar surface area (TPSA) is 92.5 Å². The first-order chi connectivity index (χ1) is 9.41. The summed E-state index contributed by atoms with van der Waals surface area (Å²) in [7, 11) is 0. The van der Waals surface area contributed by atoms with Gasteiger partial charge in [0.2, 0.25) is 0 Å². The van der Waals surface area contributed by atoms with Crippen molar-refractivity contribution in [2.24, 2.45) is 0 Å². The number of hydrogen-bond acceptors (Lipinski definition) is 4. The summed E-state index contributed by atoms with van der Waals surface area (Å²) in [5.41, 5.74) is -0.580. The average molecular weight is 343 g/mol. The third-order valence-corrected chi connectivity index (χ3v) is 4.18. The molecule has 1 aliphatic rings. The normalized spacial score (nSPS) is 16.9. The molecule has 0 unspecified atom stereocenters. The Morgan fingerprint density at radius 1 is 1.45 bits per heavy atom. The first kappa shape index (κ1) is 14.9. The third-order valence-electron chi connectivity index (χ3n) is 3.52. The van der Waals surface area contributed by atoms with Gasteiger partial charge in [-0.25, -0.2) is 0 Å². The summed E-state index contributed by atoms with van der Waals surface area (Å²) in [6.07, 6.45) is 3.31. The van der Waals surface area contributed by atoms with E-state index in [1.165, 1.54) is 18.2 Å². The van der Waals surface area contributed by atoms with Crippen molar-refractivity contribution >= 4 is 27.5 Å². The van der Waals surface area contributed by atoms with Gasteiger partial charge < -0.3 is 10.4 Å². The highest BCUT2D eigenvalue weighted by molar-refractivity contribution is 9.10. The van der Waals surface area contributed by atoms with Gasteiger partial charge in [0.05, 0.1) is 16.1 Å². The van der Waals surface area contributed by atoms with Crippen molar-refractivity contribution in [3.8, 4) is 0 Å². The molecule has 1 amide bonds. The van der Waals surface area contributed by atoms with Crippen molar-refractivity contribution in [1.29, 1.82) is 0 Å². The minimum absolute atomic E-state index is 0.0807. The van der Waals surface area contributed by atoms with Crippen molar-refractivity contribution in [3.63, 3.8) is 0 Å². The molecule has 6 nitrogen and oxygen atoms in total. The molecule has 0 saturated heterocycles. The second-order valence-corrected chi connectivity index (χ2v) is 5.89. The van der Waals surface area contributed by atoms with E-state index in [2.05, 4.69) is 21.2 Å². The summed E-state index contributed by atoms with van der Waals surface area (Å²) >= 11 is 3.16. The summed E-state index contributed by atoms with van der Waals surface area (Å²) in [5.74, 6) is -0.355. The van der Waals surface area contributed by atoms with Gasteiger partial charge in [0, 0.05) is 23.2 Å². The molecule has 2 N–H and O–H groups in total. The van der Waals surface area contributed by atoms with Crippen LogP contribution < -0.4 is 5.32 Å². The van der Waals surface area contributed by atoms with Gasteiger partial charge in [-0.3, -0.25) is 14.9 Å². The number of nitro benzene ring substituents is 1. The number of aliphatic hydroxyl groups is 1. The van der Waals surface area contributed by atoms with E-state index >= 15 is 0 Å². The van der Waals surface area contributed by atoms with Crippen molar-refractivity contribution < 1.29 is 14.8 Å². The van der Waals surface area contributed by atoms with Crippen LogP contribution in [-0.2, 0) is 0 Å². The van der Waals surface area contributed by atoms with E-state index in [1.54, 1.807) is 0 Å². The minimum Gasteiger partial charge on any atom is -0.388 e. The van der Waals surface area contributed by atoms with Crippen LogP contribution in [-0.4, -0.2) is 28.1 Å². The second kappa shape index (κ2) is 5.88. The predicted molar refractivity (Wildman–Crippen MR) is 76.5 cm³/mol. The van der Waals surface area contributed by atoms with Gasteiger partial charge in [0.25, 0.3) is 11.6 Å². The Bertz CT molecular complexity index is 541. The molecule has 0 heterocycles. The number of nitrogens with zero attached hydrogens (tertiary/aromatic N) is 1. The first-order valence-corrected chi connectivity index (χ1v) is 7.15. The molecule has 20 heavy (non-hydrogen) atoms. The molecule has 108 valence electrons. The highest BCUT2D eigenvalue weighted by atomic mass is 79.9. The van der Waals surface area contributed by atoms with Crippen molar-refractivity contribution in [3.05, 3.63) is 38.3 Å². The zero-order chi connectivity index (χ0) is 14.8. The van der Waals surface area contributed by atoms with E-state index in [9.17, 15) is 20.0 Å². The Hall–Kier alpha value is -1.47. The highest BCUT2D eigenvalue weighted by Crippen LogP contribution is 2.29. The maximum absolute atomic E-state index is 12.0. The molecule has 1 aromatic carbocycles. The summed E-state index contributed by atoms with van der Waals surface area (Å²) in [6.45, 7) is 0.204. The molecule has 0 aliphatic heterocycles. The van der Waals surface area contributed by atoms with Crippen molar-refractivity contribution in [2.75, 3.05) is 6.54 Å². The number of rotatable bonds is 4. The zero-order valence-corrected chi connectivity index (χ0v) is 12.4. The van der Waals surface area contributed by atoms with Gasteiger partial charge in [0.15, 0.2) is 0 Å². The average Bonchev–Trinajstić information content (AvgIpc) is 2.83. The van der Waals surface area contributed by atoms with E-state index < -0.39 is 10.5 Å². The van der Waals surface area contributed by atoms with Gasteiger partial charge in [-0.15, -0.1) is 0 Å². The molecule has 0 atom stereocenters. The van der Waals surface area contributed by atoms with Crippen LogP contribution in [0.5, 0.6) is 0 Å². The maximum Gasteiger partial charge on any atom is 0.270 e. The van der Waals surface area contributed by atoms with Crippen LogP contribution in [0.15, 0.2) is 22.7 Å². The van der Waals surface area contributed by atoms with Gasteiger partial charge in [0.1, 0.15) is 0 Å². The molecular weight excluding hydrogens is 328 g/mol. The minimum atomic E-state index is -0.817. The van der Waals surface area contributed by atoms with Crippen LogP contribution in [0.4, 0.5) is 5.69 Å². The largest absolute Gasteiger partial charge is 0.388 e. The third kappa shape index (κ3) is 3.34. The summed E-state index contributed by atoms with van der Waals surface area (Å²) < 4.78 is 0.364. The quantitative estimate of drug-likeness (QED) is 0.649. The summed E-state index contributed by atoms with van der Waals surface area (Å²) in [6, 6.07) is 3.97. The SMILES string of the molecule is O=C(NCC1(O)CCCC1)c1ccc([N+](=O)[O-])cc1Br. The van der Waals surface area contributed by atoms with Crippen molar-refractivity contribution in [1.82, 2.24) is 5.32 Å². The lowest BCUT2D eigenvalue weighted by atomic mass is 10.0. The van der Waals surface area contributed by atoms with Crippen LogP contribution in [0.3, 0.4) is 0 Å². The van der Waals surface area contributed by atoms with Gasteiger partial charge in [-0.05, 0) is 34.8 Å². The van der Waals surface area contributed by atoms with Crippen LogP contribution in [0.25, 0.3) is 0 Å². The number of carbonyl (C=O) groups excluding carboxylic acids is 1. The van der Waals surface area contributed by atoms with Crippen LogP contribution in [0.1, 0.15) is 36.0 Å². The molecule has 0 bridgehead atoms. The second-order valence-electron chi connectivity index (χ2n) is 5.04. The van der Waals surface area contributed by atoms with E-state index in [1.807, 2.05) is 0 Å². The Morgan fingerprint density at radius 3 is 2.65 bits per heavy atom. The number of halogens is 1. The molecule has 0 spiro atoms. The first-order valence-electron chi connectivity index (χ1n) is 6.36. The summed E-state index contributed by atoms with van der Waals surface area (Å²) in [4.78, 5) is 22.1. The molecule has 1 aromatic rings. The van der Waals surface area contributed by atoms with Gasteiger partial charge >= 0.3 is 0 Å². The number of benzene rings is 1. The fourth-order valence-electron chi connectivity index (χ4n) is 2.35. The fraction of sp³-hybridized carbons (Fsp3) is 0.462. The number of nitro groups is 1. The lowest BCUT2D eigenvalue weighted by Gasteiger charge is -2.22. The number of hydrogen-bond donors (Lipinski definition) is 2. The van der Waals surface area contributed by atoms with E-state index in [0.717, 1.165) is 12.8 Å². The molecule has 7 heteroatoms. The molecule has 0 aromatic heterocycles. The Kier molecular flexibility index (Phi) is 4.39.